The molecule has 1 aromatic carbocycles. The Morgan fingerprint density at radius 3 is 2.94 bits per heavy atom. The van der Waals surface area contributed by atoms with Gasteiger partial charge < -0.3 is 9.73 Å². The molecule has 0 aliphatic heterocycles. The molecule has 2 aromatic rings. The summed E-state index contributed by atoms with van der Waals surface area (Å²) in [6.07, 6.45) is 3.25. The third-order valence-corrected chi connectivity index (χ3v) is 3.36. The molecule has 0 bridgehead atoms. The topological polar surface area (TPSA) is 38.1 Å². The lowest BCUT2D eigenvalue weighted by Crippen LogP contribution is -2.12. The van der Waals surface area contributed by atoms with Crippen LogP contribution in [0, 0.1) is 6.92 Å². The average molecular weight is 248 g/mol. The largest absolute Gasteiger partial charge is 0.440 e. The van der Waals surface area contributed by atoms with Crippen molar-refractivity contribution in [1.29, 1.82) is 0 Å². The van der Waals surface area contributed by atoms with Crippen molar-refractivity contribution in [3.8, 4) is 0 Å². The molecule has 1 N–H and O–H groups in total. The normalized spacial score (nSPS) is 10.7. The Kier molecular flexibility index (Phi) is 4.23. The van der Waals surface area contributed by atoms with E-state index in [2.05, 4.69) is 42.3 Å². The van der Waals surface area contributed by atoms with Crippen LogP contribution in [0.1, 0.15) is 18.1 Å². The fourth-order valence-corrected chi connectivity index (χ4v) is 2.34. The number of aromatic nitrogens is 1. The van der Waals surface area contributed by atoms with Crippen molar-refractivity contribution in [2.75, 3.05) is 6.54 Å². The van der Waals surface area contributed by atoms with Crippen LogP contribution in [0.25, 0.3) is 0 Å². The summed E-state index contributed by atoms with van der Waals surface area (Å²) in [5.74, 6) is 0. The third kappa shape index (κ3) is 3.35. The molecule has 0 radical (unpaired) electrons. The highest BCUT2D eigenvalue weighted by atomic mass is 32.2. The first kappa shape index (κ1) is 12.2. The zero-order valence-electron chi connectivity index (χ0n) is 10.1. The van der Waals surface area contributed by atoms with Crippen LogP contribution >= 0.6 is 11.8 Å². The maximum absolute atomic E-state index is 5.21. The van der Waals surface area contributed by atoms with Gasteiger partial charge in [-0.05, 0) is 48.5 Å². The van der Waals surface area contributed by atoms with E-state index in [-0.39, 0.29) is 0 Å². The Balaban J connectivity index is 2.08. The molecular weight excluding hydrogens is 232 g/mol. The molecule has 0 unspecified atom stereocenters. The van der Waals surface area contributed by atoms with Gasteiger partial charge in [-0.1, -0.05) is 13.0 Å². The van der Waals surface area contributed by atoms with Gasteiger partial charge >= 0.3 is 0 Å². The molecule has 0 amide bonds. The van der Waals surface area contributed by atoms with Crippen LogP contribution in [0.15, 0.2) is 45.2 Å². The summed E-state index contributed by atoms with van der Waals surface area (Å²) < 4.78 is 5.21. The molecule has 0 aliphatic rings. The monoisotopic (exact) mass is 248 g/mol. The zero-order valence-corrected chi connectivity index (χ0v) is 10.9. The first-order valence-electron chi connectivity index (χ1n) is 5.67. The molecule has 1 heterocycles. The van der Waals surface area contributed by atoms with Gasteiger partial charge in [0.1, 0.15) is 6.26 Å². The van der Waals surface area contributed by atoms with E-state index in [0.29, 0.717) is 5.22 Å². The van der Waals surface area contributed by atoms with Crippen LogP contribution < -0.4 is 5.32 Å². The fraction of sp³-hybridized carbons (Fsp3) is 0.308. The van der Waals surface area contributed by atoms with Gasteiger partial charge in [-0.3, -0.25) is 0 Å². The van der Waals surface area contributed by atoms with Gasteiger partial charge in [0.2, 0.25) is 0 Å². The fourth-order valence-electron chi connectivity index (χ4n) is 1.55. The van der Waals surface area contributed by atoms with Gasteiger partial charge in [-0.2, -0.15) is 0 Å². The molecule has 90 valence electrons. The number of nitrogens with zero attached hydrogens (tertiary/aromatic N) is 1. The lowest BCUT2D eigenvalue weighted by atomic mass is 10.1. The van der Waals surface area contributed by atoms with Crippen LogP contribution in [0.5, 0.6) is 0 Å². The van der Waals surface area contributed by atoms with Crippen LogP contribution in [0.3, 0.4) is 0 Å². The van der Waals surface area contributed by atoms with Crippen molar-refractivity contribution in [2.45, 2.75) is 30.5 Å². The molecule has 0 atom stereocenters. The molecule has 4 heteroatoms. The minimum absolute atomic E-state index is 0.684. The van der Waals surface area contributed by atoms with Crippen molar-refractivity contribution in [3.63, 3.8) is 0 Å². The van der Waals surface area contributed by atoms with Crippen LogP contribution in [0.2, 0.25) is 0 Å². The summed E-state index contributed by atoms with van der Waals surface area (Å²) in [7, 11) is 0. The van der Waals surface area contributed by atoms with Gasteiger partial charge in [0.15, 0.2) is 0 Å². The average Bonchev–Trinajstić information content (AvgIpc) is 2.81. The van der Waals surface area contributed by atoms with Gasteiger partial charge in [-0.15, -0.1) is 0 Å². The lowest BCUT2D eigenvalue weighted by molar-refractivity contribution is 0.454. The Morgan fingerprint density at radius 2 is 2.29 bits per heavy atom. The summed E-state index contributed by atoms with van der Waals surface area (Å²) in [6.45, 7) is 6.16. The first-order valence-corrected chi connectivity index (χ1v) is 6.49. The van der Waals surface area contributed by atoms with E-state index < -0.39 is 0 Å². The maximum Gasteiger partial charge on any atom is 0.260 e. The van der Waals surface area contributed by atoms with Crippen molar-refractivity contribution < 1.29 is 4.42 Å². The molecule has 17 heavy (non-hydrogen) atoms. The number of oxazole rings is 1. The maximum atomic E-state index is 5.21. The summed E-state index contributed by atoms with van der Waals surface area (Å²) >= 11 is 1.54. The van der Waals surface area contributed by atoms with E-state index in [1.165, 1.54) is 11.1 Å². The molecule has 0 aliphatic carbocycles. The van der Waals surface area contributed by atoms with Crippen LogP contribution in [-0.2, 0) is 6.54 Å². The molecule has 3 nitrogen and oxygen atoms in total. The van der Waals surface area contributed by atoms with Crippen molar-refractivity contribution in [2.24, 2.45) is 0 Å². The molecule has 0 saturated heterocycles. The molecule has 2 rings (SSSR count). The molecular formula is C13H16N2OS. The van der Waals surface area contributed by atoms with E-state index in [9.17, 15) is 0 Å². The number of hydrogen-bond acceptors (Lipinski definition) is 4. The highest BCUT2D eigenvalue weighted by Gasteiger charge is 2.04. The standard InChI is InChI=1S/C13H16N2OS/c1-3-14-9-11-4-5-12(8-10(11)2)17-13-15-6-7-16-13/h4-8,14H,3,9H2,1-2H3. The molecule has 1 aromatic heterocycles. The van der Waals surface area contributed by atoms with Crippen LogP contribution in [0.4, 0.5) is 0 Å². The van der Waals surface area contributed by atoms with Crippen molar-refractivity contribution in [1.82, 2.24) is 10.3 Å². The zero-order chi connectivity index (χ0) is 12.1. The minimum Gasteiger partial charge on any atom is -0.440 e. The van der Waals surface area contributed by atoms with Gasteiger partial charge in [-0.25, -0.2) is 4.98 Å². The summed E-state index contributed by atoms with van der Waals surface area (Å²) in [5, 5.41) is 4.02. The number of aryl methyl sites for hydroxylation is 1. The van der Waals surface area contributed by atoms with E-state index in [4.69, 9.17) is 4.42 Å². The summed E-state index contributed by atoms with van der Waals surface area (Å²) in [6, 6.07) is 6.43. The Morgan fingerprint density at radius 1 is 1.41 bits per heavy atom. The second-order valence-electron chi connectivity index (χ2n) is 3.77. The summed E-state index contributed by atoms with van der Waals surface area (Å²) in [5.41, 5.74) is 2.63. The van der Waals surface area contributed by atoms with Crippen LogP contribution in [-0.4, -0.2) is 11.5 Å². The lowest BCUT2D eigenvalue weighted by Gasteiger charge is -2.07. The van der Waals surface area contributed by atoms with Gasteiger partial charge in [0.05, 0.1) is 6.20 Å². The highest BCUT2D eigenvalue weighted by molar-refractivity contribution is 7.99. The molecule has 0 spiro atoms. The van der Waals surface area contributed by atoms with E-state index in [1.807, 2.05) is 0 Å². The van der Waals surface area contributed by atoms with Gasteiger partial charge in [0, 0.05) is 11.4 Å². The number of rotatable bonds is 5. The van der Waals surface area contributed by atoms with Crippen molar-refractivity contribution >= 4 is 11.8 Å². The van der Waals surface area contributed by atoms with Gasteiger partial charge in [0.25, 0.3) is 5.22 Å². The Hall–Kier alpha value is -1.26. The number of benzene rings is 1. The number of hydrogen-bond donors (Lipinski definition) is 1. The SMILES string of the molecule is CCNCc1ccc(Sc2ncco2)cc1C. The molecule has 0 fully saturated rings. The van der Waals surface area contributed by atoms with Crippen molar-refractivity contribution in [3.05, 3.63) is 41.8 Å². The minimum atomic E-state index is 0.684. The predicted octanol–water partition coefficient (Wildman–Crippen LogP) is 3.24. The second kappa shape index (κ2) is 5.89. The third-order valence-electron chi connectivity index (χ3n) is 2.49. The second-order valence-corrected chi connectivity index (χ2v) is 4.79. The van der Waals surface area contributed by atoms with E-state index in [1.54, 1.807) is 24.2 Å². The first-order chi connectivity index (χ1) is 8.29. The Labute approximate surface area is 106 Å². The highest BCUT2D eigenvalue weighted by Crippen LogP contribution is 2.27. The quantitative estimate of drug-likeness (QED) is 0.881. The number of nitrogens with one attached hydrogen (secondary N) is 1. The summed E-state index contributed by atoms with van der Waals surface area (Å²) in [4.78, 5) is 5.25. The Bertz CT molecular complexity index is 468. The van der Waals surface area contributed by atoms with E-state index >= 15 is 0 Å². The van der Waals surface area contributed by atoms with E-state index in [0.717, 1.165) is 18.0 Å². The predicted molar refractivity (Wildman–Crippen MR) is 69.2 cm³/mol. The molecule has 0 saturated carbocycles. The smallest absolute Gasteiger partial charge is 0.260 e.